The van der Waals surface area contributed by atoms with Gasteiger partial charge in [0.15, 0.2) is 0 Å². The molecule has 0 aliphatic heterocycles. The topological polar surface area (TPSA) is 37.3 Å². The Morgan fingerprint density at radius 2 is 1.93 bits per heavy atom. The Morgan fingerprint density at radius 3 is 2.36 bits per heavy atom. The number of ketones is 1. The van der Waals surface area contributed by atoms with E-state index in [4.69, 9.17) is 0 Å². The predicted molar refractivity (Wildman–Crippen MR) is 54.0 cm³/mol. The van der Waals surface area contributed by atoms with Crippen LogP contribution in [0, 0.1) is 0 Å². The molecule has 0 aromatic heterocycles. The Bertz CT molecular complexity index is 337. The van der Waals surface area contributed by atoms with Crippen molar-refractivity contribution in [3.8, 4) is 0 Å². The highest BCUT2D eigenvalue weighted by Gasteiger charge is 2.48. The lowest BCUT2D eigenvalue weighted by molar-refractivity contribution is -0.130. The molecular weight excluding hydrogens is 176 g/mol. The first-order valence-corrected chi connectivity index (χ1v) is 4.90. The molecule has 0 amide bonds. The zero-order chi connectivity index (χ0) is 10.2. The van der Waals surface area contributed by atoms with Crippen LogP contribution in [0.25, 0.3) is 0 Å². The van der Waals surface area contributed by atoms with Crippen molar-refractivity contribution in [3.63, 3.8) is 0 Å². The van der Waals surface area contributed by atoms with Gasteiger partial charge in [-0.2, -0.15) is 0 Å². The van der Waals surface area contributed by atoms with Gasteiger partial charge in [0, 0.05) is 0 Å². The molecule has 0 bridgehead atoms. The van der Waals surface area contributed by atoms with Crippen LogP contribution in [-0.2, 0) is 10.2 Å². The fraction of sp³-hybridized carbons (Fsp3) is 0.417. The first-order chi connectivity index (χ1) is 6.65. The maximum absolute atomic E-state index is 11.6. The molecule has 0 atom stereocenters. The van der Waals surface area contributed by atoms with Gasteiger partial charge in [0.2, 0.25) is 0 Å². The minimum absolute atomic E-state index is 0.161. The number of carbonyl (C=O) groups excluding carboxylic acids is 1. The van der Waals surface area contributed by atoms with E-state index in [1.54, 1.807) is 6.92 Å². The summed E-state index contributed by atoms with van der Waals surface area (Å²) in [7, 11) is 0. The van der Waals surface area contributed by atoms with E-state index >= 15 is 0 Å². The molecule has 2 heteroatoms. The Morgan fingerprint density at radius 1 is 1.36 bits per heavy atom. The largest absolute Gasteiger partial charge is 0.393 e. The van der Waals surface area contributed by atoms with E-state index in [0.717, 1.165) is 5.56 Å². The lowest BCUT2D eigenvalue weighted by Gasteiger charge is -2.43. The van der Waals surface area contributed by atoms with Crippen LogP contribution >= 0.6 is 0 Å². The van der Waals surface area contributed by atoms with Crippen molar-refractivity contribution in [2.75, 3.05) is 0 Å². The maximum atomic E-state index is 11.6. The maximum Gasteiger partial charge on any atom is 0.140 e. The average Bonchev–Trinajstić information content (AvgIpc) is 2.13. The number of carbonyl (C=O) groups is 1. The van der Waals surface area contributed by atoms with Gasteiger partial charge in [-0.3, -0.25) is 4.79 Å². The highest BCUT2D eigenvalue weighted by molar-refractivity contribution is 5.89. The van der Waals surface area contributed by atoms with Gasteiger partial charge in [0.1, 0.15) is 5.78 Å². The van der Waals surface area contributed by atoms with Crippen LogP contribution in [0.3, 0.4) is 0 Å². The SMILES string of the molecule is CC(=O)C1(c2ccccc2)CC(O)C1. The third kappa shape index (κ3) is 1.26. The van der Waals surface area contributed by atoms with E-state index in [2.05, 4.69) is 0 Å². The Kier molecular flexibility index (Phi) is 2.16. The first kappa shape index (κ1) is 9.41. The minimum atomic E-state index is -0.402. The predicted octanol–water partition coefficient (Wildman–Crippen LogP) is 1.67. The number of aliphatic hydroxyl groups excluding tert-OH is 1. The zero-order valence-electron chi connectivity index (χ0n) is 8.23. The summed E-state index contributed by atoms with van der Waals surface area (Å²) in [6.45, 7) is 1.61. The molecule has 1 N–H and O–H groups in total. The third-order valence-corrected chi connectivity index (χ3v) is 3.17. The van der Waals surface area contributed by atoms with Crippen LogP contribution in [0.5, 0.6) is 0 Å². The van der Waals surface area contributed by atoms with Gasteiger partial charge in [-0.1, -0.05) is 30.3 Å². The average molecular weight is 190 g/mol. The summed E-state index contributed by atoms with van der Waals surface area (Å²) in [6.07, 6.45) is 0.845. The highest BCUT2D eigenvalue weighted by Crippen LogP contribution is 2.44. The van der Waals surface area contributed by atoms with Crippen molar-refractivity contribution in [2.45, 2.75) is 31.3 Å². The molecule has 0 heterocycles. The van der Waals surface area contributed by atoms with E-state index in [9.17, 15) is 9.90 Å². The van der Waals surface area contributed by atoms with E-state index in [1.165, 1.54) is 0 Å². The standard InChI is InChI=1S/C12H14O2/c1-9(13)12(7-11(14)8-12)10-5-3-2-4-6-10/h2-6,11,14H,7-8H2,1H3. The van der Waals surface area contributed by atoms with Crippen molar-refractivity contribution in [3.05, 3.63) is 35.9 Å². The van der Waals surface area contributed by atoms with E-state index in [0.29, 0.717) is 12.8 Å². The number of aliphatic hydroxyl groups is 1. The Balaban J connectivity index is 2.34. The van der Waals surface area contributed by atoms with Crippen LogP contribution in [0.2, 0.25) is 0 Å². The molecule has 1 aromatic rings. The lowest BCUT2D eigenvalue weighted by Crippen LogP contribution is -2.49. The molecule has 1 aromatic carbocycles. The fourth-order valence-electron chi connectivity index (χ4n) is 2.23. The Hall–Kier alpha value is -1.15. The van der Waals surface area contributed by atoms with Crippen LogP contribution in [0.1, 0.15) is 25.3 Å². The van der Waals surface area contributed by atoms with Gasteiger partial charge in [-0.05, 0) is 25.3 Å². The van der Waals surface area contributed by atoms with Crippen molar-refractivity contribution < 1.29 is 9.90 Å². The highest BCUT2D eigenvalue weighted by atomic mass is 16.3. The summed E-state index contributed by atoms with van der Waals surface area (Å²) in [5.41, 5.74) is 0.638. The van der Waals surface area contributed by atoms with Crippen LogP contribution < -0.4 is 0 Å². The van der Waals surface area contributed by atoms with Gasteiger partial charge in [0.25, 0.3) is 0 Å². The molecule has 74 valence electrons. The van der Waals surface area contributed by atoms with Crippen LogP contribution in [0.4, 0.5) is 0 Å². The second kappa shape index (κ2) is 3.21. The second-order valence-corrected chi connectivity index (χ2v) is 4.07. The quantitative estimate of drug-likeness (QED) is 0.770. The number of hydrogen-bond donors (Lipinski definition) is 1. The number of Topliss-reactive ketones (excluding diaryl/α,β-unsaturated/α-hetero) is 1. The summed E-state index contributed by atoms with van der Waals surface area (Å²) in [4.78, 5) is 11.6. The third-order valence-electron chi connectivity index (χ3n) is 3.17. The first-order valence-electron chi connectivity index (χ1n) is 4.90. The van der Waals surface area contributed by atoms with Crippen LogP contribution in [0.15, 0.2) is 30.3 Å². The molecule has 1 fully saturated rings. The summed E-state index contributed by atoms with van der Waals surface area (Å²) < 4.78 is 0. The van der Waals surface area contributed by atoms with Crippen LogP contribution in [-0.4, -0.2) is 17.0 Å². The second-order valence-electron chi connectivity index (χ2n) is 4.07. The normalized spacial score (nSPS) is 30.9. The molecule has 0 unspecified atom stereocenters. The van der Waals surface area contributed by atoms with E-state index in [-0.39, 0.29) is 11.9 Å². The number of rotatable bonds is 2. The number of hydrogen-bond acceptors (Lipinski definition) is 2. The van der Waals surface area contributed by atoms with Gasteiger partial charge < -0.3 is 5.11 Å². The monoisotopic (exact) mass is 190 g/mol. The summed E-state index contributed by atoms with van der Waals surface area (Å²) in [5, 5.41) is 9.34. The molecule has 1 aliphatic carbocycles. The zero-order valence-corrected chi connectivity index (χ0v) is 8.23. The van der Waals surface area contributed by atoms with Gasteiger partial charge in [-0.15, -0.1) is 0 Å². The molecule has 1 saturated carbocycles. The molecule has 0 radical (unpaired) electrons. The number of benzene rings is 1. The minimum Gasteiger partial charge on any atom is -0.393 e. The summed E-state index contributed by atoms with van der Waals surface area (Å²) in [6, 6.07) is 9.74. The van der Waals surface area contributed by atoms with Gasteiger partial charge >= 0.3 is 0 Å². The van der Waals surface area contributed by atoms with Crippen molar-refractivity contribution in [2.24, 2.45) is 0 Å². The molecule has 2 nitrogen and oxygen atoms in total. The Labute approximate surface area is 83.6 Å². The van der Waals surface area contributed by atoms with Gasteiger partial charge in [0.05, 0.1) is 11.5 Å². The molecule has 0 spiro atoms. The summed E-state index contributed by atoms with van der Waals surface area (Å²) in [5.74, 6) is 0.161. The smallest absolute Gasteiger partial charge is 0.140 e. The summed E-state index contributed by atoms with van der Waals surface area (Å²) >= 11 is 0. The van der Waals surface area contributed by atoms with E-state index in [1.807, 2.05) is 30.3 Å². The van der Waals surface area contributed by atoms with Crippen molar-refractivity contribution >= 4 is 5.78 Å². The van der Waals surface area contributed by atoms with E-state index < -0.39 is 5.41 Å². The molecular formula is C12H14O2. The fourth-order valence-corrected chi connectivity index (χ4v) is 2.23. The molecule has 1 aliphatic rings. The van der Waals surface area contributed by atoms with Crippen molar-refractivity contribution in [1.29, 1.82) is 0 Å². The van der Waals surface area contributed by atoms with Crippen molar-refractivity contribution in [1.82, 2.24) is 0 Å². The molecule has 14 heavy (non-hydrogen) atoms. The molecule has 2 rings (SSSR count). The molecule has 0 saturated heterocycles. The lowest BCUT2D eigenvalue weighted by atomic mass is 9.60. The van der Waals surface area contributed by atoms with Gasteiger partial charge in [-0.25, -0.2) is 0 Å².